The summed E-state index contributed by atoms with van der Waals surface area (Å²) in [6.45, 7) is 12.1. The number of ether oxygens (including phenoxy) is 1. The van der Waals surface area contributed by atoms with Crippen LogP contribution < -0.4 is 0 Å². The van der Waals surface area contributed by atoms with Crippen molar-refractivity contribution in [1.29, 1.82) is 0 Å². The van der Waals surface area contributed by atoms with Crippen molar-refractivity contribution in [2.45, 2.75) is 25.2 Å². The molecule has 0 atom stereocenters. The first kappa shape index (κ1) is 12.6. The second-order valence-electron chi connectivity index (χ2n) is 5.55. The van der Waals surface area contributed by atoms with Gasteiger partial charge >= 0.3 is 0 Å². The van der Waals surface area contributed by atoms with Gasteiger partial charge in [-0.3, -0.25) is 0 Å². The molecule has 1 aromatic carbocycles. The fraction of sp³-hybridized carbons (Fsp3) is 0.429. The Balaban J connectivity index is 2.22. The van der Waals surface area contributed by atoms with E-state index in [1.165, 1.54) is 0 Å². The van der Waals surface area contributed by atoms with E-state index >= 15 is 0 Å². The molecule has 1 aliphatic heterocycles. The second-order valence-corrected chi connectivity index (χ2v) is 9.97. The molecule has 92 valence electrons. The fourth-order valence-electron chi connectivity index (χ4n) is 2.07. The maximum Gasteiger partial charge on any atom is 0.185 e. The van der Waals surface area contributed by atoms with E-state index in [0.717, 1.165) is 11.1 Å². The van der Waals surface area contributed by atoms with Crippen LogP contribution >= 0.6 is 0 Å². The van der Waals surface area contributed by atoms with Gasteiger partial charge in [0.25, 0.3) is 0 Å². The van der Waals surface area contributed by atoms with Crippen LogP contribution in [0.5, 0.6) is 0 Å². The highest BCUT2D eigenvalue weighted by Gasteiger charge is 2.45. The predicted molar refractivity (Wildman–Crippen MR) is 73.5 cm³/mol. The zero-order chi connectivity index (χ0) is 12.5. The number of benzene rings is 1. The van der Waals surface area contributed by atoms with E-state index < -0.39 is 8.32 Å². The molecule has 17 heavy (non-hydrogen) atoms. The Bertz CT molecular complexity index is 402. The third-order valence-corrected chi connectivity index (χ3v) is 3.85. The van der Waals surface area contributed by atoms with Crippen molar-refractivity contribution in [2.75, 3.05) is 13.2 Å². The molecule has 0 unspecified atom stereocenters. The quantitative estimate of drug-likeness (QED) is 0.761. The molecule has 1 aliphatic rings. The summed E-state index contributed by atoms with van der Waals surface area (Å²) in [5.41, 5.74) is 1.91. The Morgan fingerprint density at radius 3 is 2.24 bits per heavy atom. The summed E-state index contributed by atoms with van der Waals surface area (Å²) in [6.07, 6.45) is 0. The number of hydrogen-bond acceptors (Lipinski definition) is 2. The molecule has 0 N–H and O–H groups in total. The minimum atomic E-state index is -1.60. The third kappa shape index (κ3) is 2.68. The van der Waals surface area contributed by atoms with Crippen molar-refractivity contribution in [3.63, 3.8) is 0 Å². The first-order chi connectivity index (χ1) is 7.93. The average molecular weight is 248 g/mol. The Labute approximate surface area is 104 Å². The SMILES string of the molecule is C=C(c1ccccc1)C1(O[Si](C)(C)C)COC1. The van der Waals surface area contributed by atoms with Gasteiger partial charge in [0, 0.05) is 0 Å². The molecule has 2 nitrogen and oxygen atoms in total. The molecular formula is C14H20O2Si. The van der Waals surface area contributed by atoms with Crippen molar-refractivity contribution in [3.05, 3.63) is 42.5 Å². The number of rotatable bonds is 4. The lowest BCUT2D eigenvalue weighted by Gasteiger charge is -2.46. The summed E-state index contributed by atoms with van der Waals surface area (Å²) >= 11 is 0. The zero-order valence-corrected chi connectivity index (χ0v) is 11.8. The molecule has 0 aromatic heterocycles. The second kappa shape index (κ2) is 4.41. The summed E-state index contributed by atoms with van der Waals surface area (Å²) in [5.74, 6) is 0. The number of hydrogen-bond donors (Lipinski definition) is 0. The summed E-state index contributed by atoms with van der Waals surface area (Å²) in [6, 6.07) is 10.2. The van der Waals surface area contributed by atoms with Crippen molar-refractivity contribution in [3.8, 4) is 0 Å². The van der Waals surface area contributed by atoms with E-state index in [0.29, 0.717) is 13.2 Å². The summed E-state index contributed by atoms with van der Waals surface area (Å²) in [4.78, 5) is 0. The van der Waals surface area contributed by atoms with Crippen molar-refractivity contribution < 1.29 is 9.16 Å². The molecule has 1 heterocycles. The molecular weight excluding hydrogens is 228 g/mol. The fourth-order valence-corrected chi connectivity index (χ4v) is 3.48. The lowest BCUT2D eigenvalue weighted by molar-refractivity contribution is -0.129. The average Bonchev–Trinajstić information content (AvgIpc) is 2.23. The van der Waals surface area contributed by atoms with Gasteiger partial charge in [-0.2, -0.15) is 0 Å². The van der Waals surface area contributed by atoms with Crippen LogP contribution in [0.2, 0.25) is 19.6 Å². The van der Waals surface area contributed by atoms with E-state index in [2.05, 4.69) is 38.4 Å². The van der Waals surface area contributed by atoms with E-state index in [-0.39, 0.29) is 5.60 Å². The van der Waals surface area contributed by atoms with Gasteiger partial charge in [0.05, 0.1) is 13.2 Å². The highest BCUT2D eigenvalue weighted by atomic mass is 28.4. The molecule has 0 bridgehead atoms. The molecule has 0 aliphatic carbocycles. The van der Waals surface area contributed by atoms with Gasteiger partial charge in [-0.25, -0.2) is 0 Å². The smallest absolute Gasteiger partial charge is 0.185 e. The molecule has 0 radical (unpaired) electrons. The van der Waals surface area contributed by atoms with Crippen LogP contribution in [-0.2, 0) is 9.16 Å². The van der Waals surface area contributed by atoms with Gasteiger partial charge in [-0.1, -0.05) is 36.9 Å². The van der Waals surface area contributed by atoms with E-state index in [1.54, 1.807) is 0 Å². The maximum absolute atomic E-state index is 6.29. The van der Waals surface area contributed by atoms with Crippen LogP contribution in [0.15, 0.2) is 36.9 Å². The van der Waals surface area contributed by atoms with Crippen LogP contribution in [-0.4, -0.2) is 27.1 Å². The summed E-state index contributed by atoms with van der Waals surface area (Å²) < 4.78 is 11.7. The molecule has 0 saturated carbocycles. The normalized spacial score (nSPS) is 18.5. The zero-order valence-electron chi connectivity index (χ0n) is 10.8. The molecule has 1 aromatic rings. The van der Waals surface area contributed by atoms with Crippen LogP contribution in [0.4, 0.5) is 0 Å². The lowest BCUT2D eigenvalue weighted by Crippen LogP contribution is -2.57. The van der Waals surface area contributed by atoms with Crippen LogP contribution in [0.25, 0.3) is 5.57 Å². The molecule has 3 heteroatoms. The largest absolute Gasteiger partial charge is 0.404 e. The highest BCUT2D eigenvalue weighted by molar-refractivity contribution is 6.70. The monoisotopic (exact) mass is 248 g/mol. The van der Waals surface area contributed by atoms with Gasteiger partial charge in [-0.05, 0) is 30.8 Å². The Hall–Kier alpha value is -0.903. The summed E-state index contributed by atoms with van der Waals surface area (Å²) in [7, 11) is -1.60. The Morgan fingerprint density at radius 1 is 1.24 bits per heavy atom. The van der Waals surface area contributed by atoms with Crippen molar-refractivity contribution >= 4 is 13.9 Å². The first-order valence-electron chi connectivity index (χ1n) is 5.96. The van der Waals surface area contributed by atoms with Crippen LogP contribution in [0.1, 0.15) is 5.56 Å². The van der Waals surface area contributed by atoms with E-state index in [1.807, 2.05) is 18.2 Å². The predicted octanol–water partition coefficient (Wildman–Crippen LogP) is 3.32. The standard InChI is InChI=1S/C14H20O2Si/c1-12(13-8-6-5-7-9-13)14(10-15-11-14)16-17(2,3)4/h5-9H,1,10-11H2,2-4H3. The Morgan fingerprint density at radius 2 is 1.82 bits per heavy atom. The van der Waals surface area contributed by atoms with Gasteiger partial charge < -0.3 is 9.16 Å². The van der Waals surface area contributed by atoms with Gasteiger partial charge in [0.1, 0.15) is 5.60 Å². The third-order valence-electron chi connectivity index (χ3n) is 2.84. The Kier molecular flexibility index (Phi) is 3.25. The van der Waals surface area contributed by atoms with Gasteiger partial charge in [0.2, 0.25) is 0 Å². The van der Waals surface area contributed by atoms with Gasteiger partial charge in [0.15, 0.2) is 8.32 Å². The first-order valence-corrected chi connectivity index (χ1v) is 9.37. The molecule has 0 spiro atoms. The van der Waals surface area contributed by atoms with Crippen LogP contribution in [0, 0.1) is 0 Å². The molecule has 1 saturated heterocycles. The minimum Gasteiger partial charge on any atom is -0.404 e. The molecule has 1 fully saturated rings. The van der Waals surface area contributed by atoms with Gasteiger partial charge in [-0.15, -0.1) is 0 Å². The molecule has 2 rings (SSSR count). The maximum atomic E-state index is 6.29. The van der Waals surface area contributed by atoms with E-state index in [9.17, 15) is 0 Å². The van der Waals surface area contributed by atoms with Crippen molar-refractivity contribution in [2.24, 2.45) is 0 Å². The van der Waals surface area contributed by atoms with Crippen LogP contribution in [0.3, 0.4) is 0 Å². The van der Waals surface area contributed by atoms with Crippen molar-refractivity contribution in [1.82, 2.24) is 0 Å². The highest BCUT2D eigenvalue weighted by Crippen LogP contribution is 2.37. The topological polar surface area (TPSA) is 18.5 Å². The molecule has 0 amide bonds. The van der Waals surface area contributed by atoms with E-state index in [4.69, 9.17) is 9.16 Å². The summed E-state index contributed by atoms with van der Waals surface area (Å²) in [5, 5.41) is 0. The minimum absolute atomic E-state index is 0.286. The lowest BCUT2D eigenvalue weighted by atomic mass is 9.88.